The number of hydrogen-bond donors (Lipinski definition) is 0. The van der Waals surface area contributed by atoms with E-state index in [0.29, 0.717) is 17.8 Å². The topological polar surface area (TPSA) is 68.1 Å². The van der Waals surface area contributed by atoms with Crippen LogP contribution in [-0.2, 0) is 4.74 Å². The highest BCUT2D eigenvalue weighted by Gasteiger charge is 2.32. The summed E-state index contributed by atoms with van der Waals surface area (Å²) in [6.07, 6.45) is 2.18. The largest absolute Gasteiger partial charge is 0.484 e. The van der Waals surface area contributed by atoms with Gasteiger partial charge in [-0.05, 0) is 39.8 Å². The van der Waals surface area contributed by atoms with Gasteiger partial charge < -0.3 is 14.4 Å². The lowest BCUT2D eigenvalue weighted by Gasteiger charge is -2.44. The van der Waals surface area contributed by atoms with Gasteiger partial charge in [-0.1, -0.05) is 0 Å². The summed E-state index contributed by atoms with van der Waals surface area (Å²) in [5, 5.41) is 11.2. The van der Waals surface area contributed by atoms with E-state index in [2.05, 4.69) is 16.8 Å². The van der Waals surface area contributed by atoms with E-state index >= 15 is 0 Å². The van der Waals surface area contributed by atoms with Crippen LogP contribution in [0.2, 0.25) is 0 Å². The van der Waals surface area contributed by atoms with Crippen LogP contribution in [0.5, 0.6) is 5.75 Å². The van der Waals surface area contributed by atoms with Gasteiger partial charge in [0.25, 0.3) is 0 Å². The Morgan fingerprint density at radius 2 is 2.12 bits per heavy atom. The van der Waals surface area contributed by atoms with Crippen molar-refractivity contribution in [2.75, 3.05) is 38.3 Å². The van der Waals surface area contributed by atoms with E-state index in [1.165, 1.54) is 6.42 Å². The van der Waals surface area contributed by atoms with Crippen molar-refractivity contribution in [3.05, 3.63) is 28.3 Å². The number of nitro groups is 1. The van der Waals surface area contributed by atoms with E-state index in [4.69, 9.17) is 9.47 Å². The van der Waals surface area contributed by atoms with Gasteiger partial charge in [-0.3, -0.25) is 15.0 Å². The smallest absolute Gasteiger partial charge is 0.311 e. The molecule has 2 fully saturated rings. The summed E-state index contributed by atoms with van der Waals surface area (Å²) >= 11 is 0. The Hall–Kier alpha value is -1.86. The second-order valence-electron chi connectivity index (χ2n) is 7.17. The van der Waals surface area contributed by atoms with Gasteiger partial charge in [0.15, 0.2) is 5.75 Å². The fraction of sp³-hybridized carbons (Fsp3) is 0.667. The van der Waals surface area contributed by atoms with Crippen LogP contribution in [-0.4, -0.2) is 61.4 Å². The molecular weight excluding hydrogens is 322 g/mol. The van der Waals surface area contributed by atoms with Crippen molar-refractivity contribution in [2.45, 2.75) is 44.9 Å². The molecule has 1 atom stereocenters. The Labute approximate surface area is 148 Å². The molecule has 138 valence electrons. The van der Waals surface area contributed by atoms with E-state index < -0.39 is 0 Å². The number of nitrogens with zero attached hydrogens (tertiary/aromatic N) is 3. The van der Waals surface area contributed by atoms with E-state index in [0.717, 1.165) is 38.4 Å². The third-order valence-corrected chi connectivity index (χ3v) is 5.04. The average molecular weight is 349 g/mol. The van der Waals surface area contributed by atoms with Crippen LogP contribution in [0.25, 0.3) is 0 Å². The van der Waals surface area contributed by atoms with Gasteiger partial charge >= 0.3 is 5.69 Å². The highest BCUT2D eigenvalue weighted by Crippen LogP contribution is 2.34. The number of anilines is 1. The van der Waals surface area contributed by atoms with Crippen LogP contribution < -0.4 is 9.64 Å². The average Bonchev–Trinajstić information content (AvgIpc) is 2.52. The summed E-state index contributed by atoms with van der Waals surface area (Å²) in [7, 11) is 2.17. The lowest BCUT2D eigenvalue weighted by molar-refractivity contribution is -0.386. The molecule has 0 aromatic heterocycles. The van der Waals surface area contributed by atoms with Crippen molar-refractivity contribution < 1.29 is 14.4 Å². The van der Waals surface area contributed by atoms with Crippen molar-refractivity contribution >= 4 is 11.4 Å². The molecule has 1 unspecified atom stereocenters. The quantitative estimate of drug-likeness (QED) is 0.581. The molecule has 7 heteroatoms. The van der Waals surface area contributed by atoms with Gasteiger partial charge in [-0.2, -0.15) is 0 Å². The van der Waals surface area contributed by atoms with Crippen LogP contribution in [0.1, 0.15) is 26.7 Å². The number of ether oxygens (including phenoxy) is 2. The normalized spacial score (nSPS) is 21.5. The third kappa shape index (κ3) is 4.04. The predicted octanol–water partition coefficient (Wildman–Crippen LogP) is 2.68. The maximum absolute atomic E-state index is 11.2. The Balaban J connectivity index is 1.76. The molecule has 1 aromatic rings. The van der Waals surface area contributed by atoms with Gasteiger partial charge in [-0.15, -0.1) is 0 Å². The first kappa shape index (κ1) is 17.9. The molecule has 1 aromatic carbocycles. The number of benzene rings is 1. The molecule has 2 heterocycles. The maximum atomic E-state index is 11.2. The van der Waals surface area contributed by atoms with Crippen LogP contribution in [0.3, 0.4) is 0 Å². The standard InChI is InChI=1S/C18H27N3O4/c1-13(2)25-18-9-14(6-7-17(18)21(22)23)20-8-4-5-15(10-20)19(3)16-11-24-12-16/h6-7,9,13,15-16H,4-5,8,10-12H2,1-3H3. The zero-order valence-corrected chi connectivity index (χ0v) is 15.2. The first-order valence-electron chi connectivity index (χ1n) is 8.95. The molecule has 25 heavy (non-hydrogen) atoms. The van der Waals surface area contributed by atoms with Crippen molar-refractivity contribution in [2.24, 2.45) is 0 Å². The van der Waals surface area contributed by atoms with Crippen LogP contribution >= 0.6 is 0 Å². The van der Waals surface area contributed by atoms with E-state index in [9.17, 15) is 10.1 Å². The Morgan fingerprint density at radius 3 is 2.72 bits per heavy atom. The number of rotatable bonds is 6. The summed E-state index contributed by atoms with van der Waals surface area (Å²) in [5.41, 5.74) is 1.01. The summed E-state index contributed by atoms with van der Waals surface area (Å²) in [6.45, 7) is 7.27. The second kappa shape index (κ2) is 7.58. The zero-order chi connectivity index (χ0) is 18.0. The van der Waals surface area contributed by atoms with Gasteiger partial charge in [0.2, 0.25) is 0 Å². The van der Waals surface area contributed by atoms with Crippen molar-refractivity contribution in [3.8, 4) is 5.75 Å². The minimum atomic E-state index is -0.384. The molecule has 3 rings (SSSR count). The number of piperidine rings is 1. The SMILES string of the molecule is CC(C)Oc1cc(N2CCCC(N(C)C3COC3)C2)ccc1[N+](=O)[O-]. The Kier molecular flexibility index (Phi) is 5.44. The number of nitro benzene ring substituents is 1. The van der Waals surface area contributed by atoms with Gasteiger partial charge in [-0.25, -0.2) is 0 Å². The van der Waals surface area contributed by atoms with Gasteiger partial charge in [0.1, 0.15) is 0 Å². The lowest BCUT2D eigenvalue weighted by atomic mass is 10.0. The molecule has 2 saturated heterocycles. The molecule has 0 N–H and O–H groups in total. The summed E-state index contributed by atoms with van der Waals surface area (Å²) < 4.78 is 11.0. The summed E-state index contributed by atoms with van der Waals surface area (Å²) in [6, 6.07) is 6.20. The molecule has 2 aliphatic heterocycles. The highest BCUT2D eigenvalue weighted by atomic mass is 16.6. The van der Waals surface area contributed by atoms with Gasteiger partial charge in [0, 0.05) is 37.0 Å². The van der Waals surface area contributed by atoms with Crippen molar-refractivity contribution in [1.82, 2.24) is 4.90 Å². The molecular formula is C18H27N3O4. The first-order chi connectivity index (χ1) is 12.0. The Morgan fingerprint density at radius 1 is 1.36 bits per heavy atom. The monoisotopic (exact) mass is 349 g/mol. The maximum Gasteiger partial charge on any atom is 0.311 e. The molecule has 7 nitrogen and oxygen atoms in total. The molecule has 0 radical (unpaired) electrons. The van der Waals surface area contributed by atoms with Crippen LogP contribution in [0.4, 0.5) is 11.4 Å². The fourth-order valence-electron chi connectivity index (χ4n) is 3.48. The molecule has 2 aliphatic rings. The summed E-state index contributed by atoms with van der Waals surface area (Å²) in [4.78, 5) is 15.6. The van der Waals surface area contributed by atoms with E-state index in [-0.39, 0.29) is 16.7 Å². The molecule has 0 aliphatic carbocycles. The molecule has 0 saturated carbocycles. The first-order valence-corrected chi connectivity index (χ1v) is 8.95. The second-order valence-corrected chi connectivity index (χ2v) is 7.17. The number of likely N-dealkylation sites (N-methyl/N-ethyl adjacent to an activating group) is 1. The lowest BCUT2D eigenvalue weighted by Crippen LogP contribution is -2.56. The molecule has 0 amide bonds. The molecule has 0 spiro atoms. The van der Waals surface area contributed by atoms with Crippen LogP contribution in [0.15, 0.2) is 18.2 Å². The van der Waals surface area contributed by atoms with Crippen molar-refractivity contribution in [1.29, 1.82) is 0 Å². The third-order valence-electron chi connectivity index (χ3n) is 5.04. The van der Waals surface area contributed by atoms with E-state index in [1.54, 1.807) is 6.07 Å². The van der Waals surface area contributed by atoms with Gasteiger partial charge in [0.05, 0.1) is 30.3 Å². The zero-order valence-electron chi connectivity index (χ0n) is 15.2. The number of hydrogen-bond acceptors (Lipinski definition) is 6. The fourth-order valence-corrected chi connectivity index (χ4v) is 3.48. The predicted molar refractivity (Wildman–Crippen MR) is 96.5 cm³/mol. The van der Waals surface area contributed by atoms with Crippen LogP contribution in [0, 0.1) is 10.1 Å². The minimum Gasteiger partial charge on any atom is -0.484 e. The van der Waals surface area contributed by atoms with Crippen molar-refractivity contribution in [3.63, 3.8) is 0 Å². The highest BCUT2D eigenvalue weighted by molar-refractivity contribution is 5.59. The van der Waals surface area contributed by atoms with E-state index in [1.807, 2.05) is 26.0 Å². The summed E-state index contributed by atoms with van der Waals surface area (Å²) in [5.74, 6) is 0.348. The Bertz CT molecular complexity index is 618. The molecule has 0 bridgehead atoms. The minimum absolute atomic E-state index is 0.0229.